The summed E-state index contributed by atoms with van der Waals surface area (Å²) in [4.78, 5) is 26.0. The average molecular weight is 339 g/mol. The molecule has 0 atom stereocenters. The smallest absolute Gasteiger partial charge is 0.319 e. The third kappa shape index (κ3) is 5.78. The normalized spacial score (nSPS) is 9.96. The molecule has 2 rings (SSSR count). The first-order valence-electron chi connectivity index (χ1n) is 7.03. The Morgan fingerprint density at radius 1 is 1.24 bits per heavy atom. The molecular formula is C17H13N3O5. The molecular weight excluding hydrogens is 326 g/mol. The van der Waals surface area contributed by atoms with Crippen LogP contribution >= 0.6 is 0 Å². The van der Waals surface area contributed by atoms with Crippen LogP contribution in [-0.4, -0.2) is 22.3 Å². The highest BCUT2D eigenvalue weighted by atomic mass is 16.6. The predicted molar refractivity (Wildman–Crippen MR) is 88.7 cm³/mol. The van der Waals surface area contributed by atoms with Crippen LogP contribution < -0.4 is 5.48 Å². The zero-order valence-electron chi connectivity index (χ0n) is 12.9. The van der Waals surface area contributed by atoms with Gasteiger partial charge in [-0.2, -0.15) is 0 Å². The van der Waals surface area contributed by atoms with Crippen LogP contribution in [0.4, 0.5) is 5.69 Å². The maximum atomic E-state index is 10.8. The average Bonchev–Trinajstić information content (AvgIpc) is 2.64. The molecule has 0 aromatic heterocycles. The fourth-order valence-corrected chi connectivity index (χ4v) is 1.73. The summed E-state index contributed by atoms with van der Waals surface area (Å²) in [7, 11) is 0. The number of carbonyl (C=O) groups is 1. The number of hydroxylamine groups is 1. The molecule has 0 spiro atoms. The number of hydrogen-bond acceptors (Lipinski definition) is 6. The lowest BCUT2D eigenvalue weighted by atomic mass is 10.1. The van der Waals surface area contributed by atoms with Gasteiger partial charge in [-0.05, 0) is 35.4 Å². The van der Waals surface area contributed by atoms with Crippen LogP contribution in [0, 0.1) is 22.0 Å². The van der Waals surface area contributed by atoms with Gasteiger partial charge >= 0.3 is 5.91 Å². The Bertz CT molecular complexity index is 833. The number of non-ortho nitro benzene ring substituents is 1. The second-order valence-electron chi connectivity index (χ2n) is 4.74. The second kappa shape index (κ2) is 8.81. The highest BCUT2D eigenvalue weighted by Crippen LogP contribution is 2.12. The van der Waals surface area contributed by atoms with Crippen LogP contribution in [0.2, 0.25) is 0 Å². The first-order chi connectivity index (χ1) is 12.1. The molecule has 0 aliphatic rings. The molecule has 8 nitrogen and oxygen atoms in total. The van der Waals surface area contributed by atoms with Gasteiger partial charge in [0.2, 0.25) is 0 Å². The van der Waals surface area contributed by atoms with Gasteiger partial charge < -0.3 is 4.84 Å². The Kier molecular flexibility index (Phi) is 6.22. The molecule has 2 aromatic rings. The van der Waals surface area contributed by atoms with E-state index < -0.39 is 10.8 Å². The molecule has 1 amide bonds. The number of nitrogens with zero attached hydrogens (tertiary/aromatic N) is 2. The number of nitro groups is 1. The highest BCUT2D eigenvalue weighted by molar-refractivity contribution is 5.93. The van der Waals surface area contributed by atoms with Crippen LogP contribution in [0.3, 0.4) is 0 Å². The topological polar surface area (TPSA) is 114 Å². The monoisotopic (exact) mass is 339 g/mol. The van der Waals surface area contributed by atoms with Crippen molar-refractivity contribution in [1.82, 2.24) is 5.48 Å². The van der Waals surface area contributed by atoms with Gasteiger partial charge in [-0.15, -0.1) is 0 Å². The summed E-state index contributed by atoms with van der Waals surface area (Å²) in [5.41, 5.74) is 3.57. The Labute approximate surface area is 142 Å². The maximum Gasteiger partial charge on any atom is 0.319 e. The van der Waals surface area contributed by atoms with Crippen molar-refractivity contribution in [2.24, 2.45) is 5.16 Å². The first-order valence-corrected chi connectivity index (χ1v) is 7.03. The standard InChI is InChI=1S/C17H13N3O5/c21-17(19-22)10-7-13-1-3-14(4-2-13)11-18-25-12-15-5-8-16(9-6-15)20(23)24/h1-6,8-9,11,22H,12H2,(H,19,21). The van der Waals surface area contributed by atoms with Crippen molar-refractivity contribution in [2.45, 2.75) is 6.61 Å². The zero-order chi connectivity index (χ0) is 18.1. The summed E-state index contributed by atoms with van der Waals surface area (Å²) >= 11 is 0. The van der Waals surface area contributed by atoms with E-state index in [1.165, 1.54) is 23.8 Å². The number of nitro benzene ring substituents is 1. The lowest BCUT2D eigenvalue weighted by Crippen LogP contribution is -2.15. The van der Waals surface area contributed by atoms with Crippen LogP contribution in [0.25, 0.3) is 0 Å². The van der Waals surface area contributed by atoms with Gasteiger partial charge in [0.05, 0.1) is 11.1 Å². The molecule has 2 aromatic carbocycles. The minimum absolute atomic E-state index is 0.0203. The van der Waals surface area contributed by atoms with Crippen LogP contribution in [0.1, 0.15) is 16.7 Å². The summed E-state index contributed by atoms with van der Waals surface area (Å²) < 4.78 is 0. The highest BCUT2D eigenvalue weighted by Gasteiger charge is 2.03. The molecule has 0 unspecified atom stereocenters. The second-order valence-corrected chi connectivity index (χ2v) is 4.74. The first kappa shape index (κ1) is 17.7. The summed E-state index contributed by atoms with van der Waals surface area (Å²) in [6, 6.07) is 12.9. The van der Waals surface area contributed by atoms with Crippen molar-refractivity contribution in [1.29, 1.82) is 0 Å². The Hall–Kier alpha value is -3.70. The van der Waals surface area contributed by atoms with Crippen molar-refractivity contribution in [3.63, 3.8) is 0 Å². The molecule has 25 heavy (non-hydrogen) atoms. The molecule has 0 aliphatic heterocycles. The van der Waals surface area contributed by atoms with E-state index in [-0.39, 0.29) is 12.3 Å². The number of oxime groups is 1. The number of hydrogen-bond donors (Lipinski definition) is 2. The fourth-order valence-electron chi connectivity index (χ4n) is 1.73. The molecule has 126 valence electrons. The van der Waals surface area contributed by atoms with E-state index in [0.29, 0.717) is 5.56 Å². The lowest BCUT2D eigenvalue weighted by Gasteiger charge is -1.99. The van der Waals surface area contributed by atoms with Crippen molar-refractivity contribution < 1.29 is 19.8 Å². The Morgan fingerprint density at radius 3 is 2.52 bits per heavy atom. The zero-order valence-corrected chi connectivity index (χ0v) is 12.9. The summed E-state index contributed by atoms with van der Waals surface area (Å²) in [5.74, 6) is 3.99. The fraction of sp³-hybridized carbons (Fsp3) is 0.0588. The van der Waals surface area contributed by atoms with Crippen molar-refractivity contribution >= 4 is 17.8 Å². The van der Waals surface area contributed by atoms with Gasteiger partial charge in [-0.25, -0.2) is 5.48 Å². The van der Waals surface area contributed by atoms with Gasteiger partial charge in [-0.1, -0.05) is 23.2 Å². The molecule has 0 fully saturated rings. The predicted octanol–water partition coefficient (Wildman–Crippen LogP) is 2.00. The molecule has 0 saturated carbocycles. The third-order valence-electron chi connectivity index (χ3n) is 2.99. The van der Waals surface area contributed by atoms with E-state index in [9.17, 15) is 14.9 Å². The molecule has 0 heterocycles. The lowest BCUT2D eigenvalue weighted by molar-refractivity contribution is -0.384. The van der Waals surface area contributed by atoms with Gasteiger partial charge in [0.1, 0.15) is 6.61 Å². The van der Waals surface area contributed by atoms with Crippen molar-refractivity contribution in [3.05, 3.63) is 75.3 Å². The van der Waals surface area contributed by atoms with E-state index >= 15 is 0 Å². The Balaban J connectivity index is 1.86. The Morgan fingerprint density at radius 2 is 1.92 bits per heavy atom. The number of benzene rings is 2. The number of amides is 1. The maximum absolute atomic E-state index is 10.8. The van der Waals surface area contributed by atoms with Crippen molar-refractivity contribution in [3.8, 4) is 11.8 Å². The van der Waals surface area contributed by atoms with Gasteiger partial charge in [0.25, 0.3) is 5.69 Å². The van der Waals surface area contributed by atoms with Crippen LogP contribution in [0.15, 0.2) is 53.7 Å². The van der Waals surface area contributed by atoms with E-state index in [1.54, 1.807) is 36.4 Å². The van der Waals surface area contributed by atoms with Crippen molar-refractivity contribution in [2.75, 3.05) is 0 Å². The third-order valence-corrected chi connectivity index (χ3v) is 2.99. The number of nitrogens with one attached hydrogen (secondary N) is 1. The van der Waals surface area contributed by atoms with E-state index in [1.807, 2.05) is 0 Å². The molecule has 2 N–H and O–H groups in total. The minimum Gasteiger partial charge on any atom is -0.391 e. The van der Waals surface area contributed by atoms with E-state index in [0.717, 1.165) is 11.1 Å². The van der Waals surface area contributed by atoms with Crippen LogP contribution in [0.5, 0.6) is 0 Å². The van der Waals surface area contributed by atoms with Crippen LogP contribution in [-0.2, 0) is 16.2 Å². The molecule has 0 radical (unpaired) electrons. The summed E-state index contributed by atoms with van der Waals surface area (Å²) in [6.07, 6.45) is 1.50. The SMILES string of the molecule is O=C(C#Cc1ccc(C=NOCc2ccc([N+](=O)[O-])cc2)cc1)NO. The molecule has 0 saturated heterocycles. The minimum atomic E-state index is -0.787. The molecule has 0 bridgehead atoms. The van der Waals surface area contributed by atoms with Gasteiger partial charge in [0, 0.05) is 23.6 Å². The largest absolute Gasteiger partial charge is 0.391 e. The number of rotatable bonds is 5. The summed E-state index contributed by atoms with van der Waals surface area (Å²) in [6.45, 7) is 0.189. The quantitative estimate of drug-likeness (QED) is 0.284. The van der Waals surface area contributed by atoms with Gasteiger partial charge in [-0.3, -0.25) is 20.1 Å². The number of carbonyl (C=O) groups excluding carboxylic acids is 1. The van der Waals surface area contributed by atoms with E-state index in [4.69, 9.17) is 10.0 Å². The molecule has 8 heteroatoms. The molecule has 0 aliphatic carbocycles. The van der Waals surface area contributed by atoms with Gasteiger partial charge in [0.15, 0.2) is 0 Å². The van der Waals surface area contributed by atoms with E-state index in [2.05, 4.69) is 17.0 Å². The summed E-state index contributed by atoms with van der Waals surface area (Å²) in [5, 5.41) is 22.7.